The summed E-state index contributed by atoms with van der Waals surface area (Å²) in [5.41, 5.74) is 7.61. The van der Waals surface area contributed by atoms with Crippen LogP contribution in [-0.4, -0.2) is 7.11 Å². The Bertz CT molecular complexity index is 604. The maximum absolute atomic E-state index is 6.11. The zero-order valence-electron chi connectivity index (χ0n) is 11.0. The molecule has 0 aliphatic rings. The number of hydrogen-bond acceptors (Lipinski definition) is 3. The van der Waals surface area contributed by atoms with Crippen molar-refractivity contribution in [3.63, 3.8) is 0 Å². The standard InChI is InChI=1S/C15H15BrClNO2/c1-19-15-6-10(2-3-11(15)8-18)9-20-14-5-4-12(16)7-13(14)17/h2-7H,8-9,18H2,1H3. The van der Waals surface area contributed by atoms with Gasteiger partial charge in [0.05, 0.1) is 12.1 Å². The maximum Gasteiger partial charge on any atom is 0.138 e. The van der Waals surface area contributed by atoms with Crippen molar-refractivity contribution in [2.45, 2.75) is 13.2 Å². The molecule has 0 aliphatic carbocycles. The highest BCUT2D eigenvalue weighted by Crippen LogP contribution is 2.29. The molecule has 0 saturated carbocycles. The van der Waals surface area contributed by atoms with Crippen LogP contribution in [0.25, 0.3) is 0 Å². The molecule has 0 atom stereocenters. The minimum absolute atomic E-state index is 0.419. The lowest BCUT2D eigenvalue weighted by molar-refractivity contribution is 0.305. The fourth-order valence-corrected chi connectivity index (χ4v) is 2.53. The molecule has 5 heteroatoms. The summed E-state index contributed by atoms with van der Waals surface area (Å²) in [6, 6.07) is 11.4. The average Bonchev–Trinajstić information content (AvgIpc) is 2.46. The molecule has 2 aromatic rings. The van der Waals surface area contributed by atoms with Crippen molar-refractivity contribution in [3.8, 4) is 11.5 Å². The van der Waals surface area contributed by atoms with E-state index < -0.39 is 0 Å². The summed E-state index contributed by atoms with van der Waals surface area (Å²) in [4.78, 5) is 0. The molecule has 0 radical (unpaired) electrons. The molecule has 0 spiro atoms. The summed E-state index contributed by atoms with van der Waals surface area (Å²) in [5.74, 6) is 1.42. The van der Waals surface area contributed by atoms with Gasteiger partial charge in [-0.15, -0.1) is 0 Å². The predicted molar refractivity (Wildman–Crippen MR) is 84.4 cm³/mol. The van der Waals surface area contributed by atoms with Crippen LogP contribution in [0.15, 0.2) is 40.9 Å². The van der Waals surface area contributed by atoms with Gasteiger partial charge in [-0.25, -0.2) is 0 Å². The van der Waals surface area contributed by atoms with E-state index in [1.54, 1.807) is 13.2 Å². The Morgan fingerprint density at radius 2 is 1.95 bits per heavy atom. The monoisotopic (exact) mass is 355 g/mol. The summed E-state index contributed by atoms with van der Waals surface area (Å²) in [6.07, 6.45) is 0. The van der Waals surface area contributed by atoms with Crippen molar-refractivity contribution >= 4 is 27.5 Å². The lowest BCUT2D eigenvalue weighted by Gasteiger charge is -2.11. The van der Waals surface area contributed by atoms with Crippen LogP contribution < -0.4 is 15.2 Å². The highest BCUT2D eigenvalue weighted by atomic mass is 79.9. The van der Waals surface area contributed by atoms with Crippen molar-refractivity contribution < 1.29 is 9.47 Å². The molecule has 0 aliphatic heterocycles. The summed E-state index contributed by atoms with van der Waals surface area (Å²) in [6.45, 7) is 0.866. The van der Waals surface area contributed by atoms with Crippen molar-refractivity contribution in [2.75, 3.05) is 7.11 Å². The Balaban J connectivity index is 2.10. The minimum Gasteiger partial charge on any atom is -0.496 e. The highest BCUT2D eigenvalue weighted by molar-refractivity contribution is 9.10. The van der Waals surface area contributed by atoms with E-state index in [0.717, 1.165) is 21.3 Å². The molecule has 2 rings (SSSR count). The van der Waals surface area contributed by atoms with E-state index in [0.29, 0.717) is 23.9 Å². The van der Waals surface area contributed by atoms with Gasteiger partial charge in [-0.2, -0.15) is 0 Å². The summed E-state index contributed by atoms with van der Waals surface area (Å²) >= 11 is 9.46. The second kappa shape index (κ2) is 6.97. The Labute approximate surface area is 131 Å². The van der Waals surface area contributed by atoms with Crippen LogP contribution in [0.1, 0.15) is 11.1 Å². The van der Waals surface area contributed by atoms with Gasteiger partial charge in [-0.3, -0.25) is 0 Å². The number of benzene rings is 2. The molecular formula is C15H15BrClNO2. The van der Waals surface area contributed by atoms with E-state index in [2.05, 4.69) is 15.9 Å². The van der Waals surface area contributed by atoms with Gasteiger partial charge in [-0.05, 0) is 29.8 Å². The smallest absolute Gasteiger partial charge is 0.138 e. The van der Waals surface area contributed by atoms with Crippen molar-refractivity contribution in [2.24, 2.45) is 5.73 Å². The van der Waals surface area contributed by atoms with Crippen LogP contribution in [0.4, 0.5) is 0 Å². The molecule has 0 aromatic heterocycles. The Kier molecular flexibility index (Phi) is 5.29. The van der Waals surface area contributed by atoms with Gasteiger partial charge in [0.25, 0.3) is 0 Å². The van der Waals surface area contributed by atoms with E-state index in [1.807, 2.05) is 30.3 Å². The third kappa shape index (κ3) is 3.66. The fraction of sp³-hybridized carbons (Fsp3) is 0.200. The van der Waals surface area contributed by atoms with E-state index >= 15 is 0 Å². The summed E-state index contributed by atoms with van der Waals surface area (Å²) < 4.78 is 11.9. The summed E-state index contributed by atoms with van der Waals surface area (Å²) in [7, 11) is 1.63. The first-order chi connectivity index (χ1) is 9.63. The predicted octanol–water partition coefficient (Wildman–Crippen LogP) is 4.15. The molecule has 0 saturated heterocycles. The Hall–Kier alpha value is -1.23. The molecule has 0 fully saturated rings. The number of halogens is 2. The van der Waals surface area contributed by atoms with Crippen LogP contribution in [0.3, 0.4) is 0 Å². The van der Waals surface area contributed by atoms with Crippen molar-refractivity contribution in [3.05, 3.63) is 57.0 Å². The number of methoxy groups -OCH3 is 1. The van der Waals surface area contributed by atoms with Gasteiger partial charge >= 0.3 is 0 Å². The summed E-state index contributed by atoms with van der Waals surface area (Å²) in [5, 5.41) is 0.574. The highest BCUT2D eigenvalue weighted by Gasteiger charge is 2.06. The number of ether oxygens (including phenoxy) is 2. The number of rotatable bonds is 5. The normalized spacial score (nSPS) is 10.4. The van der Waals surface area contributed by atoms with Gasteiger partial charge < -0.3 is 15.2 Å². The molecule has 2 aromatic carbocycles. The minimum atomic E-state index is 0.419. The van der Waals surface area contributed by atoms with E-state index in [-0.39, 0.29) is 0 Å². The molecule has 0 unspecified atom stereocenters. The lowest BCUT2D eigenvalue weighted by Crippen LogP contribution is -2.02. The zero-order chi connectivity index (χ0) is 14.5. The quantitative estimate of drug-likeness (QED) is 0.875. The van der Waals surface area contributed by atoms with Crippen LogP contribution in [0.5, 0.6) is 11.5 Å². The molecule has 0 bridgehead atoms. The van der Waals surface area contributed by atoms with E-state index in [9.17, 15) is 0 Å². The van der Waals surface area contributed by atoms with Gasteiger partial charge in [-0.1, -0.05) is 39.7 Å². The first-order valence-corrected chi connectivity index (χ1v) is 7.25. The van der Waals surface area contributed by atoms with E-state index in [1.165, 1.54) is 0 Å². The van der Waals surface area contributed by atoms with Crippen LogP contribution in [-0.2, 0) is 13.2 Å². The first-order valence-electron chi connectivity index (χ1n) is 6.07. The van der Waals surface area contributed by atoms with Crippen LogP contribution in [0.2, 0.25) is 5.02 Å². The van der Waals surface area contributed by atoms with Crippen LogP contribution >= 0.6 is 27.5 Å². The second-order valence-corrected chi connectivity index (χ2v) is 5.54. The molecular weight excluding hydrogens is 342 g/mol. The van der Waals surface area contributed by atoms with Crippen molar-refractivity contribution in [1.82, 2.24) is 0 Å². The first kappa shape index (κ1) is 15.2. The topological polar surface area (TPSA) is 44.5 Å². The maximum atomic E-state index is 6.11. The molecule has 3 nitrogen and oxygen atoms in total. The molecule has 2 N–H and O–H groups in total. The molecule has 0 heterocycles. The molecule has 106 valence electrons. The van der Waals surface area contributed by atoms with Gasteiger partial charge in [0.2, 0.25) is 0 Å². The zero-order valence-corrected chi connectivity index (χ0v) is 13.4. The second-order valence-electron chi connectivity index (χ2n) is 4.21. The van der Waals surface area contributed by atoms with Gasteiger partial charge in [0, 0.05) is 16.6 Å². The fourth-order valence-electron chi connectivity index (χ4n) is 1.80. The third-order valence-electron chi connectivity index (χ3n) is 2.86. The van der Waals surface area contributed by atoms with Crippen LogP contribution in [0, 0.1) is 0 Å². The molecule has 0 amide bonds. The Morgan fingerprint density at radius 1 is 1.15 bits per heavy atom. The van der Waals surface area contributed by atoms with E-state index in [4.69, 9.17) is 26.8 Å². The van der Waals surface area contributed by atoms with Crippen molar-refractivity contribution in [1.29, 1.82) is 0 Å². The number of nitrogens with two attached hydrogens (primary N) is 1. The van der Waals surface area contributed by atoms with Gasteiger partial charge in [0.1, 0.15) is 18.1 Å². The van der Waals surface area contributed by atoms with Gasteiger partial charge in [0.15, 0.2) is 0 Å². The largest absolute Gasteiger partial charge is 0.496 e. The molecule has 20 heavy (non-hydrogen) atoms. The SMILES string of the molecule is COc1cc(COc2ccc(Br)cc2Cl)ccc1CN. The number of hydrogen-bond donors (Lipinski definition) is 1. The Morgan fingerprint density at radius 3 is 2.60 bits per heavy atom. The average molecular weight is 357 g/mol. The third-order valence-corrected chi connectivity index (χ3v) is 3.65. The lowest BCUT2D eigenvalue weighted by atomic mass is 10.1.